The number of piperazine rings is 1. The Morgan fingerprint density at radius 3 is 2.44 bits per heavy atom. The van der Waals surface area contributed by atoms with Crippen molar-refractivity contribution < 1.29 is 13.2 Å². The van der Waals surface area contributed by atoms with Crippen molar-refractivity contribution in [1.29, 1.82) is 0 Å². The van der Waals surface area contributed by atoms with E-state index in [-0.39, 0.29) is 6.04 Å². The summed E-state index contributed by atoms with van der Waals surface area (Å²) in [6.45, 7) is 3.55. The molecule has 0 N–H and O–H groups in total. The van der Waals surface area contributed by atoms with Crippen LogP contribution >= 0.6 is 0 Å². The van der Waals surface area contributed by atoms with Gasteiger partial charge < -0.3 is 4.74 Å². The maximum Gasteiger partial charge on any atom is 0.243 e. The van der Waals surface area contributed by atoms with E-state index in [1.807, 2.05) is 44.3 Å². The van der Waals surface area contributed by atoms with Crippen LogP contribution in [0.5, 0.6) is 5.75 Å². The van der Waals surface area contributed by atoms with Gasteiger partial charge >= 0.3 is 0 Å². The van der Waals surface area contributed by atoms with Gasteiger partial charge in [-0.3, -0.25) is 4.90 Å². The van der Waals surface area contributed by atoms with Gasteiger partial charge in [-0.1, -0.05) is 24.3 Å². The highest BCUT2D eigenvalue weighted by Gasteiger charge is 2.33. The second-order valence-electron chi connectivity index (χ2n) is 6.45. The van der Waals surface area contributed by atoms with Crippen molar-refractivity contribution in [2.75, 3.05) is 33.8 Å². The fourth-order valence-electron chi connectivity index (χ4n) is 3.18. The van der Waals surface area contributed by atoms with Gasteiger partial charge in [0, 0.05) is 25.7 Å². The lowest BCUT2D eigenvalue weighted by Crippen LogP contribution is -2.48. The van der Waals surface area contributed by atoms with Crippen LogP contribution in [0.4, 0.5) is 0 Å². The third-order valence-corrected chi connectivity index (χ3v) is 6.60. The number of ether oxygens (including phenoxy) is 1. The molecule has 6 heteroatoms. The number of likely N-dealkylation sites (N-methyl/N-ethyl adjacent to an activating group) is 1. The largest absolute Gasteiger partial charge is 0.497 e. The fraction of sp³-hybridized carbons (Fsp3) is 0.368. The predicted molar refractivity (Wildman–Crippen MR) is 98.3 cm³/mol. The highest BCUT2D eigenvalue weighted by molar-refractivity contribution is 7.89. The van der Waals surface area contributed by atoms with E-state index in [0.717, 1.165) is 16.9 Å². The van der Waals surface area contributed by atoms with Gasteiger partial charge in [-0.05, 0) is 49.4 Å². The maximum absolute atomic E-state index is 13.0. The first-order valence-electron chi connectivity index (χ1n) is 8.33. The lowest BCUT2D eigenvalue weighted by molar-refractivity contribution is 0.148. The van der Waals surface area contributed by atoms with Crippen LogP contribution in [0.15, 0.2) is 53.4 Å². The quantitative estimate of drug-likeness (QED) is 0.841. The Hall–Kier alpha value is -1.89. The van der Waals surface area contributed by atoms with Crippen LogP contribution in [-0.4, -0.2) is 51.4 Å². The standard InChI is InChI=1S/C19H24N2O3S/c1-15-5-4-6-18(13-15)25(22,23)21-12-11-20(2)19(14-21)16-7-9-17(24-3)10-8-16/h4-10,13,19H,11-12,14H2,1-3H3. The van der Waals surface area contributed by atoms with Crippen molar-refractivity contribution in [1.82, 2.24) is 9.21 Å². The Kier molecular flexibility index (Phi) is 5.13. The van der Waals surface area contributed by atoms with E-state index in [1.165, 1.54) is 0 Å². The summed E-state index contributed by atoms with van der Waals surface area (Å²) in [5.74, 6) is 0.798. The number of aryl methyl sites for hydroxylation is 1. The van der Waals surface area contributed by atoms with Crippen molar-refractivity contribution in [3.05, 3.63) is 59.7 Å². The molecule has 1 atom stereocenters. The van der Waals surface area contributed by atoms with Crippen LogP contribution in [0.3, 0.4) is 0 Å². The topological polar surface area (TPSA) is 49.9 Å². The summed E-state index contributed by atoms with van der Waals surface area (Å²) >= 11 is 0. The molecule has 1 fully saturated rings. The number of rotatable bonds is 4. The van der Waals surface area contributed by atoms with Crippen LogP contribution in [0.25, 0.3) is 0 Å². The first-order valence-corrected chi connectivity index (χ1v) is 9.77. The zero-order valence-electron chi connectivity index (χ0n) is 14.8. The van der Waals surface area contributed by atoms with E-state index in [9.17, 15) is 8.42 Å². The summed E-state index contributed by atoms with van der Waals surface area (Å²) < 4.78 is 32.8. The Morgan fingerprint density at radius 1 is 1.08 bits per heavy atom. The SMILES string of the molecule is COc1ccc(C2CN(S(=O)(=O)c3cccc(C)c3)CCN2C)cc1. The smallest absolute Gasteiger partial charge is 0.243 e. The molecule has 1 unspecified atom stereocenters. The molecule has 0 aromatic heterocycles. The normalized spacial score (nSPS) is 19.7. The third kappa shape index (κ3) is 3.71. The summed E-state index contributed by atoms with van der Waals surface area (Å²) in [6.07, 6.45) is 0. The molecule has 0 saturated carbocycles. The summed E-state index contributed by atoms with van der Waals surface area (Å²) in [5, 5.41) is 0. The van der Waals surface area contributed by atoms with Gasteiger partial charge in [0.1, 0.15) is 5.75 Å². The van der Waals surface area contributed by atoms with Crippen molar-refractivity contribution in [2.24, 2.45) is 0 Å². The van der Waals surface area contributed by atoms with Crippen molar-refractivity contribution in [3.8, 4) is 5.75 Å². The second kappa shape index (κ2) is 7.15. The molecule has 0 aliphatic carbocycles. The van der Waals surface area contributed by atoms with E-state index >= 15 is 0 Å². The zero-order valence-corrected chi connectivity index (χ0v) is 15.7. The summed E-state index contributed by atoms with van der Waals surface area (Å²) in [7, 11) is 0.190. The Balaban J connectivity index is 1.86. The number of nitrogens with zero attached hydrogens (tertiary/aromatic N) is 2. The lowest BCUT2D eigenvalue weighted by atomic mass is 10.0. The molecule has 3 rings (SSSR count). The Bertz CT molecular complexity index is 834. The van der Waals surface area contributed by atoms with Crippen LogP contribution in [0.1, 0.15) is 17.2 Å². The van der Waals surface area contributed by atoms with E-state index in [0.29, 0.717) is 24.5 Å². The van der Waals surface area contributed by atoms with Gasteiger partial charge in [0.05, 0.1) is 12.0 Å². The highest BCUT2D eigenvalue weighted by Crippen LogP contribution is 2.29. The molecular weight excluding hydrogens is 336 g/mol. The molecular formula is C19H24N2O3S. The Labute approximate surface area is 149 Å². The molecule has 1 aliphatic heterocycles. The first-order chi connectivity index (χ1) is 11.9. The molecule has 5 nitrogen and oxygen atoms in total. The van der Waals surface area contributed by atoms with Gasteiger partial charge in [-0.15, -0.1) is 0 Å². The molecule has 1 heterocycles. The minimum Gasteiger partial charge on any atom is -0.497 e. The van der Waals surface area contributed by atoms with Crippen LogP contribution < -0.4 is 4.74 Å². The van der Waals surface area contributed by atoms with Crippen molar-refractivity contribution >= 4 is 10.0 Å². The third-order valence-electron chi connectivity index (χ3n) is 4.74. The summed E-state index contributed by atoms with van der Waals surface area (Å²) in [4.78, 5) is 2.56. The van der Waals surface area contributed by atoms with Crippen molar-refractivity contribution in [3.63, 3.8) is 0 Å². The van der Waals surface area contributed by atoms with Crippen LogP contribution in [0.2, 0.25) is 0 Å². The van der Waals surface area contributed by atoms with Gasteiger partial charge in [-0.2, -0.15) is 4.31 Å². The average Bonchev–Trinajstić information content (AvgIpc) is 2.62. The molecule has 2 aromatic rings. The van der Waals surface area contributed by atoms with Crippen molar-refractivity contribution in [2.45, 2.75) is 17.9 Å². The predicted octanol–water partition coefficient (Wildman–Crippen LogP) is 2.68. The molecule has 1 saturated heterocycles. The monoisotopic (exact) mass is 360 g/mol. The molecule has 134 valence electrons. The van der Waals surface area contributed by atoms with Gasteiger partial charge in [0.25, 0.3) is 0 Å². The van der Waals surface area contributed by atoms with E-state index in [1.54, 1.807) is 29.6 Å². The number of hydrogen-bond acceptors (Lipinski definition) is 4. The zero-order chi connectivity index (χ0) is 18.0. The van der Waals surface area contributed by atoms with E-state index in [4.69, 9.17) is 4.74 Å². The summed E-state index contributed by atoms with van der Waals surface area (Å²) in [5.41, 5.74) is 2.04. The molecule has 2 aromatic carbocycles. The second-order valence-corrected chi connectivity index (χ2v) is 8.39. The van der Waals surface area contributed by atoms with Crippen LogP contribution in [0, 0.1) is 6.92 Å². The molecule has 0 spiro atoms. The van der Waals surface area contributed by atoms with E-state index < -0.39 is 10.0 Å². The molecule has 0 radical (unpaired) electrons. The molecule has 25 heavy (non-hydrogen) atoms. The average molecular weight is 360 g/mol. The molecule has 1 aliphatic rings. The van der Waals surface area contributed by atoms with Gasteiger partial charge in [-0.25, -0.2) is 8.42 Å². The Morgan fingerprint density at radius 2 is 1.80 bits per heavy atom. The maximum atomic E-state index is 13.0. The number of hydrogen-bond donors (Lipinski definition) is 0. The molecule has 0 bridgehead atoms. The lowest BCUT2D eigenvalue weighted by Gasteiger charge is -2.39. The summed E-state index contributed by atoms with van der Waals surface area (Å²) in [6, 6.07) is 15.0. The fourth-order valence-corrected chi connectivity index (χ4v) is 4.72. The van der Waals surface area contributed by atoms with Gasteiger partial charge in [0.15, 0.2) is 0 Å². The minimum absolute atomic E-state index is 0.0271. The first kappa shape index (κ1) is 17.9. The van der Waals surface area contributed by atoms with Crippen LogP contribution in [-0.2, 0) is 10.0 Å². The highest BCUT2D eigenvalue weighted by atomic mass is 32.2. The minimum atomic E-state index is -3.48. The number of methoxy groups -OCH3 is 1. The van der Waals surface area contributed by atoms with Gasteiger partial charge in [0.2, 0.25) is 10.0 Å². The number of benzene rings is 2. The molecule has 0 amide bonds. The van der Waals surface area contributed by atoms with E-state index in [2.05, 4.69) is 4.90 Å². The number of sulfonamides is 1.